The van der Waals surface area contributed by atoms with Gasteiger partial charge in [-0.05, 0) is 36.7 Å². The Hall–Kier alpha value is -1.84. The number of aliphatic hydroxyl groups excluding tert-OH is 1. The Morgan fingerprint density at radius 1 is 1.00 bits per heavy atom. The second-order valence-corrected chi connectivity index (χ2v) is 5.28. The van der Waals surface area contributed by atoms with Crippen molar-refractivity contribution in [2.45, 2.75) is 26.0 Å². The van der Waals surface area contributed by atoms with E-state index in [2.05, 4.69) is 18.7 Å². The molecule has 2 rings (SSSR count). The Labute approximate surface area is 126 Å². The van der Waals surface area contributed by atoms with E-state index in [1.165, 1.54) is 0 Å². The van der Waals surface area contributed by atoms with E-state index in [0.29, 0.717) is 6.54 Å². The van der Waals surface area contributed by atoms with Crippen LogP contribution in [0.25, 0.3) is 0 Å². The number of phenolic OH excluding ortho intramolecular Hbond substituents is 1. The quantitative estimate of drug-likeness (QED) is 0.853. The van der Waals surface area contributed by atoms with E-state index in [1.54, 1.807) is 12.1 Å². The zero-order chi connectivity index (χ0) is 15.2. The Morgan fingerprint density at radius 3 is 2.29 bits per heavy atom. The number of phenols is 1. The van der Waals surface area contributed by atoms with Crippen molar-refractivity contribution in [1.82, 2.24) is 4.90 Å². The molecule has 0 radical (unpaired) electrons. The maximum Gasteiger partial charge on any atom is 0.115 e. The number of rotatable bonds is 6. The molecule has 0 heterocycles. The largest absolute Gasteiger partial charge is 0.508 e. The molecule has 0 fully saturated rings. The van der Waals surface area contributed by atoms with E-state index in [0.717, 1.165) is 17.7 Å². The summed E-state index contributed by atoms with van der Waals surface area (Å²) in [6.45, 7) is 5.57. The molecular weight excluding hydrogens is 262 g/mol. The minimum atomic E-state index is -0.508. The predicted molar refractivity (Wildman–Crippen MR) is 85.2 cm³/mol. The Bertz CT molecular complexity index is 556. The molecule has 0 spiro atoms. The highest BCUT2D eigenvalue weighted by atomic mass is 16.3. The third-order valence-corrected chi connectivity index (χ3v) is 3.90. The molecule has 2 aromatic rings. The molecule has 2 atom stereocenters. The molecule has 2 unspecified atom stereocenters. The topological polar surface area (TPSA) is 43.7 Å². The number of hydrogen-bond acceptors (Lipinski definition) is 3. The third-order valence-electron chi connectivity index (χ3n) is 3.90. The number of nitrogens with zero attached hydrogens (tertiary/aromatic N) is 1. The summed E-state index contributed by atoms with van der Waals surface area (Å²) in [5.41, 5.74) is 1.98. The molecule has 2 aromatic carbocycles. The van der Waals surface area contributed by atoms with E-state index < -0.39 is 6.10 Å². The molecular formula is C18H23NO2. The van der Waals surface area contributed by atoms with Crippen molar-refractivity contribution in [3.05, 3.63) is 65.7 Å². The first-order chi connectivity index (χ1) is 10.1. The summed E-state index contributed by atoms with van der Waals surface area (Å²) >= 11 is 0. The minimum Gasteiger partial charge on any atom is -0.508 e. The van der Waals surface area contributed by atoms with Crippen LogP contribution in [0.1, 0.15) is 37.1 Å². The molecule has 0 aliphatic heterocycles. The van der Waals surface area contributed by atoms with Crippen LogP contribution < -0.4 is 0 Å². The normalized spacial score (nSPS) is 14.1. The number of aromatic hydroxyl groups is 1. The van der Waals surface area contributed by atoms with Crippen molar-refractivity contribution in [1.29, 1.82) is 0 Å². The lowest BCUT2D eigenvalue weighted by Gasteiger charge is -2.30. The second kappa shape index (κ2) is 7.25. The van der Waals surface area contributed by atoms with Gasteiger partial charge in [0.1, 0.15) is 5.75 Å². The summed E-state index contributed by atoms with van der Waals surface area (Å²) in [5, 5.41) is 20.0. The molecule has 2 N–H and O–H groups in total. The van der Waals surface area contributed by atoms with Gasteiger partial charge in [0.25, 0.3) is 0 Å². The van der Waals surface area contributed by atoms with Crippen LogP contribution in [-0.2, 0) is 0 Å². The van der Waals surface area contributed by atoms with Crippen molar-refractivity contribution >= 4 is 0 Å². The predicted octanol–water partition coefficient (Wildman–Crippen LogP) is 3.51. The SMILES string of the molecule is CCN(CC(O)c1ccccc1)C(C)c1cccc(O)c1. The summed E-state index contributed by atoms with van der Waals surface area (Å²) in [5.74, 6) is 0.277. The highest BCUT2D eigenvalue weighted by Gasteiger charge is 2.18. The van der Waals surface area contributed by atoms with Crippen LogP contribution in [-0.4, -0.2) is 28.2 Å². The third kappa shape index (κ3) is 4.06. The summed E-state index contributed by atoms with van der Waals surface area (Å²) in [6, 6.07) is 17.2. The monoisotopic (exact) mass is 285 g/mol. The van der Waals surface area contributed by atoms with Crippen molar-refractivity contribution < 1.29 is 10.2 Å². The van der Waals surface area contributed by atoms with Crippen LogP contribution in [0, 0.1) is 0 Å². The number of hydrogen-bond donors (Lipinski definition) is 2. The number of aliphatic hydroxyl groups is 1. The highest BCUT2D eigenvalue weighted by Crippen LogP contribution is 2.25. The van der Waals surface area contributed by atoms with E-state index in [4.69, 9.17) is 0 Å². The Morgan fingerprint density at radius 2 is 1.67 bits per heavy atom. The van der Waals surface area contributed by atoms with Crippen LogP contribution in [0.5, 0.6) is 5.75 Å². The van der Waals surface area contributed by atoms with Gasteiger partial charge in [0.2, 0.25) is 0 Å². The van der Waals surface area contributed by atoms with Gasteiger partial charge in [0, 0.05) is 12.6 Å². The zero-order valence-corrected chi connectivity index (χ0v) is 12.6. The zero-order valence-electron chi connectivity index (χ0n) is 12.6. The van der Waals surface area contributed by atoms with Crippen LogP contribution in [0.15, 0.2) is 54.6 Å². The fourth-order valence-corrected chi connectivity index (χ4v) is 2.56. The van der Waals surface area contributed by atoms with Crippen molar-refractivity contribution in [2.24, 2.45) is 0 Å². The lowest BCUT2D eigenvalue weighted by Crippen LogP contribution is -2.31. The maximum atomic E-state index is 10.4. The van der Waals surface area contributed by atoms with Gasteiger partial charge in [0.05, 0.1) is 6.10 Å². The van der Waals surface area contributed by atoms with Gasteiger partial charge in [-0.1, -0.05) is 49.4 Å². The summed E-state index contributed by atoms with van der Waals surface area (Å²) in [6.07, 6.45) is -0.508. The lowest BCUT2D eigenvalue weighted by atomic mass is 10.0. The molecule has 0 saturated carbocycles. The standard InChI is InChI=1S/C18H23NO2/c1-3-19(13-18(21)15-8-5-4-6-9-15)14(2)16-10-7-11-17(20)12-16/h4-12,14,18,20-21H,3,13H2,1-2H3. The van der Waals surface area contributed by atoms with E-state index in [1.807, 2.05) is 42.5 Å². The van der Waals surface area contributed by atoms with Crippen LogP contribution in [0.2, 0.25) is 0 Å². The number of likely N-dealkylation sites (N-methyl/N-ethyl adjacent to an activating group) is 1. The van der Waals surface area contributed by atoms with Gasteiger partial charge in [-0.25, -0.2) is 0 Å². The van der Waals surface area contributed by atoms with Gasteiger partial charge in [0.15, 0.2) is 0 Å². The Balaban J connectivity index is 2.09. The maximum absolute atomic E-state index is 10.4. The molecule has 0 aliphatic carbocycles. The first kappa shape index (κ1) is 15.5. The fraction of sp³-hybridized carbons (Fsp3) is 0.333. The molecule has 3 nitrogen and oxygen atoms in total. The molecule has 3 heteroatoms. The molecule has 0 amide bonds. The average Bonchev–Trinajstić information content (AvgIpc) is 2.52. The van der Waals surface area contributed by atoms with Crippen molar-refractivity contribution in [3.63, 3.8) is 0 Å². The van der Waals surface area contributed by atoms with E-state index >= 15 is 0 Å². The molecule has 0 bridgehead atoms. The van der Waals surface area contributed by atoms with Crippen LogP contribution >= 0.6 is 0 Å². The van der Waals surface area contributed by atoms with Crippen LogP contribution in [0.4, 0.5) is 0 Å². The van der Waals surface area contributed by atoms with Gasteiger partial charge in [-0.2, -0.15) is 0 Å². The van der Waals surface area contributed by atoms with E-state index in [9.17, 15) is 10.2 Å². The first-order valence-electron chi connectivity index (χ1n) is 7.37. The second-order valence-electron chi connectivity index (χ2n) is 5.28. The van der Waals surface area contributed by atoms with Crippen molar-refractivity contribution in [2.75, 3.05) is 13.1 Å². The van der Waals surface area contributed by atoms with Gasteiger partial charge in [-0.3, -0.25) is 4.90 Å². The summed E-state index contributed by atoms with van der Waals surface area (Å²) in [7, 11) is 0. The molecule has 0 aromatic heterocycles. The fourth-order valence-electron chi connectivity index (χ4n) is 2.56. The van der Waals surface area contributed by atoms with Crippen LogP contribution in [0.3, 0.4) is 0 Å². The molecule has 112 valence electrons. The summed E-state index contributed by atoms with van der Waals surface area (Å²) in [4.78, 5) is 2.20. The smallest absolute Gasteiger partial charge is 0.115 e. The lowest BCUT2D eigenvalue weighted by molar-refractivity contribution is 0.0946. The molecule has 0 saturated heterocycles. The first-order valence-corrected chi connectivity index (χ1v) is 7.37. The molecule has 0 aliphatic rings. The Kier molecular flexibility index (Phi) is 5.37. The average molecular weight is 285 g/mol. The van der Waals surface area contributed by atoms with Gasteiger partial charge >= 0.3 is 0 Å². The molecule has 21 heavy (non-hydrogen) atoms. The van der Waals surface area contributed by atoms with Crippen molar-refractivity contribution in [3.8, 4) is 5.75 Å². The van der Waals surface area contributed by atoms with E-state index in [-0.39, 0.29) is 11.8 Å². The van der Waals surface area contributed by atoms with Gasteiger partial charge < -0.3 is 10.2 Å². The van der Waals surface area contributed by atoms with Gasteiger partial charge in [-0.15, -0.1) is 0 Å². The minimum absolute atomic E-state index is 0.139. The summed E-state index contributed by atoms with van der Waals surface area (Å²) < 4.78 is 0. The number of benzene rings is 2. The highest BCUT2D eigenvalue weighted by molar-refractivity contribution is 5.29.